The molecule has 0 saturated carbocycles. The highest BCUT2D eigenvalue weighted by Gasteiger charge is 2.44. The van der Waals surface area contributed by atoms with E-state index < -0.39 is 5.82 Å². The lowest BCUT2D eigenvalue weighted by atomic mass is 9.93. The molecule has 2 aromatic carbocycles. The van der Waals surface area contributed by atoms with Crippen LogP contribution in [0.4, 0.5) is 15.8 Å². The summed E-state index contributed by atoms with van der Waals surface area (Å²) in [7, 11) is 0. The van der Waals surface area contributed by atoms with E-state index in [9.17, 15) is 14.3 Å². The van der Waals surface area contributed by atoms with Crippen LogP contribution in [-0.4, -0.2) is 42.3 Å². The number of fused-ring (bicyclic) bond motifs is 1. The lowest BCUT2D eigenvalue weighted by Gasteiger charge is -2.37. The second kappa shape index (κ2) is 8.20. The average Bonchev–Trinajstić information content (AvgIpc) is 3.17. The SMILES string of the molecule is Cc1cccc(F)c1N1NC2C(CC1=O)NNC2c1ccc(N2CCC(O)CC2)cc1. The van der Waals surface area contributed by atoms with Crippen molar-refractivity contribution in [1.29, 1.82) is 0 Å². The van der Waals surface area contributed by atoms with Crippen molar-refractivity contribution in [2.45, 2.75) is 50.4 Å². The third-order valence-electron chi connectivity index (χ3n) is 6.63. The quantitative estimate of drug-likeness (QED) is 0.602. The highest BCUT2D eigenvalue weighted by molar-refractivity contribution is 5.94. The number of hydrogen-bond donors (Lipinski definition) is 4. The second-order valence-corrected chi connectivity index (χ2v) is 8.68. The van der Waals surface area contributed by atoms with Crippen LogP contribution in [-0.2, 0) is 4.79 Å². The van der Waals surface area contributed by atoms with Gasteiger partial charge < -0.3 is 10.0 Å². The van der Waals surface area contributed by atoms with Crippen molar-refractivity contribution < 1.29 is 14.3 Å². The Hall–Kier alpha value is -2.52. The second-order valence-electron chi connectivity index (χ2n) is 8.68. The van der Waals surface area contributed by atoms with Crippen molar-refractivity contribution in [3.8, 4) is 0 Å². The number of carbonyl (C=O) groups excluding carboxylic acids is 1. The molecule has 3 heterocycles. The number of hydrazine groups is 2. The lowest BCUT2D eigenvalue weighted by Crippen LogP contribution is -2.60. The topological polar surface area (TPSA) is 79.9 Å². The molecule has 0 bridgehead atoms. The Bertz CT molecular complexity index is 941. The van der Waals surface area contributed by atoms with Crippen molar-refractivity contribution in [1.82, 2.24) is 16.3 Å². The van der Waals surface area contributed by atoms with E-state index >= 15 is 0 Å². The van der Waals surface area contributed by atoms with Gasteiger partial charge in [0.2, 0.25) is 5.91 Å². The first-order valence-electron chi connectivity index (χ1n) is 10.9. The highest BCUT2D eigenvalue weighted by atomic mass is 19.1. The van der Waals surface area contributed by atoms with Gasteiger partial charge in [0, 0.05) is 31.2 Å². The van der Waals surface area contributed by atoms with Crippen LogP contribution in [0, 0.1) is 12.7 Å². The first-order chi connectivity index (χ1) is 15.0. The summed E-state index contributed by atoms with van der Waals surface area (Å²) in [5, 5.41) is 11.1. The van der Waals surface area contributed by atoms with Crippen molar-refractivity contribution in [2.75, 3.05) is 23.0 Å². The Kier molecular flexibility index (Phi) is 5.39. The largest absolute Gasteiger partial charge is 0.393 e. The summed E-state index contributed by atoms with van der Waals surface area (Å²) in [6, 6.07) is 13.0. The molecule has 3 unspecified atom stereocenters. The summed E-state index contributed by atoms with van der Waals surface area (Å²) < 4.78 is 14.5. The normalized spacial score (nSPS) is 26.9. The third-order valence-corrected chi connectivity index (χ3v) is 6.63. The molecule has 0 aliphatic carbocycles. The molecule has 3 fully saturated rings. The minimum Gasteiger partial charge on any atom is -0.393 e. The fraction of sp³-hybridized carbons (Fsp3) is 0.435. The molecule has 1 amide bonds. The van der Waals surface area contributed by atoms with Gasteiger partial charge in [-0.05, 0) is 49.1 Å². The number of piperidine rings is 1. The Labute approximate surface area is 181 Å². The number of nitrogens with zero attached hydrogens (tertiary/aromatic N) is 2. The molecule has 5 rings (SSSR count). The summed E-state index contributed by atoms with van der Waals surface area (Å²) in [5.74, 6) is -0.571. The number of amides is 1. The predicted octanol–water partition coefficient (Wildman–Crippen LogP) is 1.92. The predicted molar refractivity (Wildman–Crippen MR) is 117 cm³/mol. The van der Waals surface area contributed by atoms with Gasteiger partial charge in [0.15, 0.2) is 0 Å². The molecule has 3 atom stereocenters. The number of para-hydroxylation sites is 1. The number of aliphatic hydroxyl groups is 1. The van der Waals surface area contributed by atoms with Gasteiger partial charge in [0.1, 0.15) is 5.82 Å². The summed E-state index contributed by atoms with van der Waals surface area (Å²) in [6.07, 6.45) is 1.68. The van der Waals surface area contributed by atoms with E-state index in [-0.39, 0.29) is 36.6 Å². The molecule has 3 aliphatic heterocycles. The molecule has 8 heteroatoms. The van der Waals surface area contributed by atoms with E-state index in [0.29, 0.717) is 11.3 Å². The van der Waals surface area contributed by atoms with Gasteiger partial charge in [-0.2, -0.15) is 0 Å². The molecule has 164 valence electrons. The van der Waals surface area contributed by atoms with Crippen LogP contribution in [0.5, 0.6) is 0 Å². The van der Waals surface area contributed by atoms with Gasteiger partial charge in [0.05, 0.1) is 23.9 Å². The third kappa shape index (κ3) is 3.80. The summed E-state index contributed by atoms with van der Waals surface area (Å²) in [6.45, 7) is 3.52. The first-order valence-corrected chi connectivity index (χ1v) is 10.9. The van der Waals surface area contributed by atoms with Crippen molar-refractivity contribution in [3.05, 3.63) is 59.4 Å². The molecule has 7 nitrogen and oxygen atoms in total. The van der Waals surface area contributed by atoms with Gasteiger partial charge in [-0.3, -0.25) is 10.2 Å². The highest BCUT2D eigenvalue weighted by Crippen LogP contribution is 2.32. The number of aliphatic hydroxyl groups excluding tert-OH is 1. The van der Waals surface area contributed by atoms with E-state index in [1.54, 1.807) is 19.1 Å². The minimum atomic E-state index is -0.411. The molecular weight excluding hydrogens is 397 g/mol. The fourth-order valence-corrected chi connectivity index (χ4v) is 4.85. The van der Waals surface area contributed by atoms with Gasteiger partial charge in [-0.1, -0.05) is 24.3 Å². The monoisotopic (exact) mass is 425 g/mol. The van der Waals surface area contributed by atoms with Crippen molar-refractivity contribution >= 4 is 17.3 Å². The van der Waals surface area contributed by atoms with Crippen LogP contribution >= 0.6 is 0 Å². The Morgan fingerprint density at radius 2 is 1.81 bits per heavy atom. The summed E-state index contributed by atoms with van der Waals surface area (Å²) >= 11 is 0. The molecule has 0 aromatic heterocycles. The lowest BCUT2D eigenvalue weighted by molar-refractivity contribution is -0.121. The molecule has 4 N–H and O–H groups in total. The number of aryl methyl sites for hydroxylation is 1. The van der Waals surface area contributed by atoms with E-state index in [1.807, 2.05) is 0 Å². The Balaban J connectivity index is 1.35. The molecule has 3 aliphatic rings. The number of rotatable bonds is 3. The van der Waals surface area contributed by atoms with Crippen molar-refractivity contribution in [2.24, 2.45) is 0 Å². The number of halogens is 1. The first kappa shape index (κ1) is 20.4. The number of nitrogens with one attached hydrogen (secondary N) is 3. The van der Waals surface area contributed by atoms with Crippen LogP contribution in [0.3, 0.4) is 0 Å². The van der Waals surface area contributed by atoms with E-state index in [4.69, 9.17) is 0 Å². The van der Waals surface area contributed by atoms with Crippen LogP contribution in [0.1, 0.15) is 36.4 Å². The molecule has 2 aromatic rings. The Morgan fingerprint density at radius 1 is 1.06 bits per heavy atom. The number of benzene rings is 2. The van der Waals surface area contributed by atoms with Crippen LogP contribution < -0.4 is 26.2 Å². The standard InChI is InChI=1S/C23H28FN5O2/c1-14-3-2-4-18(24)23(14)29-20(31)13-19-22(27-29)21(26-25-19)15-5-7-16(8-6-15)28-11-9-17(30)10-12-28/h2-8,17,19,21-22,25-27,30H,9-13H2,1H3. The maximum atomic E-state index is 14.5. The smallest absolute Gasteiger partial charge is 0.243 e. The molecule has 0 radical (unpaired) electrons. The van der Waals surface area contributed by atoms with Gasteiger partial charge >= 0.3 is 0 Å². The molecule has 31 heavy (non-hydrogen) atoms. The zero-order valence-corrected chi connectivity index (χ0v) is 17.5. The maximum Gasteiger partial charge on any atom is 0.243 e. The molecule has 0 spiro atoms. The van der Waals surface area contributed by atoms with Gasteiger partial charge in [0.25, 0.3) is 0 Å². The molecule has 3 saturated heterocycles. The van der Waals surface area contributed by atoms with E-state index in [1.165, 1.54) is 11.1 Å². The zero-order chi connectivity index (χ0) is 21.5. The fourth-order valence-electron chi connectivity index (χ4n) is 4.85. The van der Waals surface area contributed by atoms with Crippen molar-refractivity contribution in [3.63, 3.8) is 0 Å². The summed E-state index contributed by atoms with van der Waals surface area (Å²) in [4.78, 5) is 15.0. The number of hydrogen-bond acceptors (Lipinski definition) is 6. The van der Waals surface area contributed by atoms with Gasteiger partial charge in [-0.15, -0.1) is 0 Å². The summed E-state index contributed by atoms with van der Waals surface area (Å²) in [5.41, 5.74) is 13.1. The zero-order valence-electron chi connectivity index (χ0n) is 17.5. The number of anilines is 2. The molecular formula is C23H28FN5O2. The average molecular weight is 426 g/mol. The Morgan fingerprint density at radius 3 is 2.52 bits per heavy atom. The van der Waals surface area contributed by atoms with Crippen LogP contribution in [0.2, 0.25) is 0 Å². The van der Waals surface area contributed by atoms with E-state index in [0.717, 1.165) is 37.2 Å². The maximum absolute atomic E-state index is 14.5. The minimum absolute atomic E-state index is 0.0649. The van der Waals surface area contributed by atoms with Gasteiger partial charge in [-0.25, -0.2) is 20.3 Å². The van der Waals surface area contributed by atoms with Crippen LogP contribution in [0.25, 0.3) is 0 Å². The number of carbonyl (C=O) groups is 1. The van der Waals surface area contributed by atoms with Crippen LogP contribution in [0.15, 0.2) is 42.5 Å². The van der Waals surface area contributed by atoms with E-state index in [2.05, 4.69) is 45.4 Å².